The van der Waals surface area contributed by atoms with E-state index >= 15 is 0 Å². The van der Waals surface area contributed by atoms with E-state index in [4.69, 9.17) is 0 Å². The zero-order chi connectivity index (χ0) is 12.1. The molecule has 1 rings (SSSR count). The summed E-state index contributed by atoms with van der Waals surface area (Å²) < 4.78 is 1.98. The van der Waals surface area contributed by atoms with Crippen LogP contribution in [0.5, 0.6) is 0 Å². The van der Waals surface area contributed by atoms with Crippen molar-refractivity contribution in [3.05, 3.63) is 17.5 Å². The van der Waals surface area contributed by atoms with Crippen molar-refractivity contribution in [3.8, 4) is 0 Å². The van der Waals surface area contributed by atoms with Crippen molar-refractivity contribution in [1.82, 2.24) is 9.78 Å². The van der Waals surface area contributed by atoms with Gasteiger partial charge in [0.1, 0.15) is 5.78 Å². The lowest BCUT2D eigenvalue weighted by molar-refractivity contribution is -0.119. The molecule has 3 nitrogen and oxygen atoms in total. The van der Waals surface area contributed by atoms with Crippen LogP contribution in [-0.2, 0) is 17.8 Å². The summed E-state index contributed by atoms with van der Waals surface area (Å²) in [6, 6.07) is 2.08. The second-order valence-electron chi connectivity index (χ2n) is 4.73. The van der Waals surface area contributed by atoms with Crippen molar-refractivity contribution >= 4 is 5.78 Å². The normalized spacial score (nSPS) is 11.1. The third kappa shape index (κ3) is 3.80. The number of nitrogens with zero attached hydrogens (tertiary/aromatic N) is 2. The summed E-state index contributed by atoms with van der Waals surface area (Å²) >= 11 is 0. The lowest BCUT2D eigenvalue weighted by atomic mass is 10.0. The van der Waals surface area contributed by atoms with Gasteiger partial charge in [-0.05, 0) is 32.3 Å². The zero-order valence-electron chi connectivity index (χ0n) is 10.8. The third-order valence-corrected chi connectivity index (χ3v) is 2.58. The van der Waals surface area contributed by atoms with Crippen LogP contribution < -0.4 is 0 Å². The molecular formula is C13H22N2O. The van der Waals surface area contributed by atoms with Gasteiger partial charge in [-0.25, -0.2) is 0 Å². The van der Waals surface area contributed by atoms with Crippen molar-refractivity contribution in [2.24, 2.45) is 5.92 Å². The van der Waals surface area contributed by atoms with Gasteiger partial charge in [0.25, 0.3) is 0 Å². The van der Waals surface area contributed by atoms with E-state index in [0.29, 0.717) is 24.5 Å². The van der Waals surface area contributed by atoms with Crippen LogP contribution >= 0.6 is 0 Å². The highest BCUT2D eigenvalue weighted by Crippen LogP contribution is 2.09. The molecule has 16 heavy (non-hydrogen) atoms. The Morgan fingerprint density at radius 1 is 1.50 bits per heavy atom. The summed E-state index contributed by atoms with van der Waals surface area (Å²) in [5.41, 5.74) is 2.21. The molecule has 1 aromatic rings. The molecule has 0 amide bonds. The van der Waals surface area contributed by atoms with Crippen LogP contribution in [0.3, 0.4) is 0 Å². The van der Waals surface area contributed by atoms with Crippen molar-refractivity contribution < 1.29 is 4.79 Å². The molecule has 0 unspecified atom stereocenters. The van der Waals surface area contributed by atoms with Crippen LogP contribution in [0.25, 0.3) is 0 Å². The van der Waals surface area contributed by atoms with E-state index < -0.39 is 0 Å². The lowest BCUT2D eigenvalue weighted by Gasteiger charge is -2.05. The van der Waals surface area contributed by atoms with Crippen molar-refractivity contribution in [2.45, 2.75) is 53.5 Å². The smallest absolute Gasteiger partial charge is 0.133 e. The molecule has 0 fully saturated rings. The molecular weight excluding hydrogens is 200 g/mol. The van der Waals surface area contributed by atoms with Gasteiger partial charge in [-0.1, -0.05) is 13.8 Å². The van der Waals surface area contributed by atoms with Gasteiger partial charge in [0.15, 0.2) is 0 Å². The van der Waals surface area contributed by atoms with Crippen LogP contribution in [0.15, 0.2) is 6.07 Å². The van der Waals surface area contributed by atoms with Crippen LogP contribution in [0, 0.1) is 12.8 Å². The lowest BCUT2D eigenvalue weighted by Crippen LogP contribution is -2.08. The maximum absolute atomic E-state index is 11.6. The number of rotatable bonds is 6. The first-order valence-electron chi connectivity index (χ1n) is 6.08. The first kappa shape index (κ1) is 12.9. The SMILES string of the molecule is CCn1nc(C)cc1CCC(=O)CC(C)C. The molecule has 3 heteroatoms. The Morgan fingerprint density at radius 2 is 2.19 bits per heavy atom. The van der Waals surface area contributed by atoms with Gasteiger partial charge in [0, 0.05) is 25.1 Å². The molecule has 1 aromatic heterocycles. The van der Waals surface area contributed by atoms with Gasteiger partial charge in [-0.3, -0.25) is 9.48 Å². The fourth-order valence-corrected chi connectivity index (χ4v) is 1.90. The van der Waals surface area contributed by atoms with E-state index in [2.05, 4.69) is 31.9 Å². The van der Waals surface area contributed by atoms with Crippen LogP contribution in [0.2, 0.25) is 0 Å². The topological polar surface area (TPSA) is 34.9 Å². The molecule has 1 heterocycles. The number of aromatic nitrogens is 2. The van der Waals surface area contributed by atoms with E-state index in [-0.39, 0.29) is 0 Å². The molecule has 0 aliphatic heterocycles. The van der Waals surface area contributed by atoms with E-state index in [0.717, 1.165) is 18.7 Å². The zero-order valence-corrected chi connectivity index (χ0v) is 10.8. The molecule has 0 saturated carbocycles. The standard InChI is InChI=1S/C13H22N2O/c1-5-15-12(9-11(4)14-15)6-7-13(16)8-10(2)3/h9-10H,5-8H2,1-4H3. The average molecular weight is 222 g/mol. The van der Waals surface area contributed by atoms with E-state index in [1.165, 1.54) is 5.69 Å². The van der Waals surface area contributed by atoms with Crippen molar-refractivity contribution in [3.63, 3.8) is 0 Å². The van der Waals surface area contributed by atoms with E-state index in [1.54, 1.807) is 0 Å². The van der Waals surface area contributed by atoms with Crippen LogP contribution in [0.4, 0.5) is 0 Å². The Hall–Kier alpha value is -1.12. The first-order valence-corrected chi connectivity index (χ1v) is 6.08. The molecule has 0 saturated heterocycles. The summed E-state index contributed by atoms with van der Waals surface area (Å²) in [5, 5.41) is 4.37. The minimum Gasteiger partial charge on any atom is -0.300 e. The number of Topliss-reactive ketones (excluding diaryl/α,β-unsaturated/α-hetero) is 1. The molecule has 90 valence electrons. The summed E-state index contributed by atoms with van der Waals surface area (Å²) in [6.45, 7) is 9.11. The minimum atomic E-state index is 0.358. The summed E-state index contributed by atoms with van der Waals surface area (Å²) in [5.74, 6) is 0.821. The van der Waals surface area contributed by atoms with Gasteiger partial charge >= 0.3 is 0 Å². The van der Waals surface area contributed by atoms with Crippen LogP contribution in [0.1, 0.15) is 45.0 Å². The summed E-state index contributed by atoms with van der Waals surface area (Å²) in [6.07, 6.45) is 2.16. The molecule has 0 aliphatic rings. The monoisotopic (exact) mass is 222 g/mol. The Labute approximate surface area is 97.8 Å². The fraction of sp³-hybridized carbons (Fsp3) is 0.692. The Morgan fingerprint density at radius 3 is 2.75 bits per heavy atom. The number of hydrogen-bond donors (Lipinski definition) is 0. The highest BCUT2D eigenvalue weighted by atomic mass is 16.1. The quantitative estimate of drug-likeness (QED) is 0.741. The Kier molecular flexibility index (Phi) is 4.71. The van der Waals surface area contributed by atoms with Crippen molar-refractivity contribution in [2.75, 3.05) is 0 Å². The van der Waals surface area contributed by atoms with E-state index in [9.17, 15) is 4.79 Å². The van der Waals surface area contributed by atoms with Gasteiger partial charge in [0.05, 0.1) is 5.69 Å². The fourth-order valence-electron chi connectivity index (χ4n) is 1.90. The number of aryl methyl sites for hydroxylation is 3. The maximum Gasteiger partial charge on any atom is 0.133 e. The van der Waals surface area contributed by atoms with Gasteiger partial charge in [-0.2, -0.15) is 5.10 Å². The van der Waals surface area contributed by atoms with Crippen LogP contribution in [-0.4, -0.2) is 15.6 Å². The predicted molar refractivity (Wildman–Crippen MR) is 65.4 cm³/mol. The Bertz CT molecular complexity index is 353. The molecule has 0 aromatic carbocycles. The molecule has 0 spiro atoms. The van der Waals surface area contributed by atoms with Crippen molar-refractivity contribution in [1.29, 1.82) is 0 Å². The van der Waals surface area contributed by atoms with E-state index in [1.807, 2.05) is 11.6 Å². The summed E-state index contributed by atoms with van der Waals surface area (Å²) in [4.78, 5) is 11.6. The molecule has 0 atom stereocenters. The first-order chi connectivity index (χ1) is 7.52. The number of carbonyl (C=O) groups is 1. The molecule has 0 aliphatic carbocycles. The number of carbonyl (C=O) groups excluding carboxylic acids is 1. The molecule has 0 bridgehead atoms. The second-order valence-corrected chi connectivity index (χ2v) is 4.73. The molecule has 0 radical (unpaired) electrons. The number of ketones is 1. The minimum absolute atomic E-state index is 0.358. The average Bonchev–Trinajstić information content (AvgIpc) is 2.55. The molecule has 0 N–H and O–H groups in total. The summed E-state index contributed by atoms with van der Waals surface area (Å²) in [7, 11) is 0. The van der Waals surface area contributed by atoms with Gasteiger partial charge in [0.2, 0.25) is 0 Å². The predicted octanol–water partition coefficient (Wildman–Crippen LogP) is 2.76. The van der Waals surface area contributed by atoms with Gasteiger partial charge < -0.3 is 0 Å². The highest BCUT2D eigenvalue weighted by molar-refractivity contribution is 5.78. The van der Waals surface area contributed by atoms with Gasteiger partial charge in [-0.15, -0.1) is 0 Å². The largest absolute Gasteiger partial charge is 0.300 e. The third-order valence-electron chi connectivity index (χ3n) is 2.58. The second kappa shape index (κ2) is 5.83. The number of hydrogen-bond acceptors (Lipinski definition) is 2. The highest BCUT2D eigenvalue weighted by Gasteiger charge is 2.08. The Balaban J connectivity index is 2.50. The maximum atomic E-state index is 11.6.